The largest absolute Gasteiger partial charge is 0.362 e. The molecule has 0 spiro atoms. The molecule has 0 aliphatic heterocycles. The summed E-state index contributed by atoms with van der Waals surface area (Å²) in [6, 6.07) is 7.89. The van der Waals surface area contributed by atoms with E-state index in [-0.39, 0.29) is 22.9 Å². The van der Waals surface area contributed by atoms with Crippen LogP contribution in [0, 0.1) is 6.92 Å². The molecule has 24 heavy (non-hydrogen) atoms. The lowest BCUT2D eigenvalue weighted by atomic mass is 10.1. The molecular weight excluding hydrogens is 328 g/mol. The van der Waals surface area contributed by atoms with Crippen molar-refractivity contribution in [2.45, 2.75) is 18.4 Å². The van der Waals surface area contributed by atoms with Crippen molar-refractivity contribution in [2.24, 2.45) is 5.14 Å². The maximum Gasteiger partial charge on any atom is 0.251 e. The van der Waals surface area contributed by atoms with Gasteiger partial charge in [0, 0.05) is 38.0 Å². The van der Waals surface area contributed by atoms with Gasteiger partial charge in [-0.2, -0.15) is 0 Å². The Labute approximate surface area is 141 Å². The topological polar surface area (TPSA) is 105 Å². The van der Waals surface area contributed by atoms with Crippen molar-refractivity contribution in [3.63, 3.8) is 0 Å². The average molecular weight is 348 g/mol. The number of benzene rings is 1. The molecule has 2 rings (SSSR count). The van der Waals surface area contributed by atoms with E-state index in [9.17, 15) is 13.2 Å². The summed E-state index contributed by atoms with van der Waals surface area (Å²) in [6.07, 6.45) is 1.68. The third kappa shape index (κ3) is 4.09. The number of anilines is 1. The summed E-state index contributed by atoms with van der Waals surface area (Å²) in [5, 5.41) is 7.91. The zero-order chi connectivity index (χ0) is 17.9. The molecule has 8 heteroatoms. The first kappa shape index (κ1) is 17.9. The second-order valence-corrected chi connectivity index (χ2v) is 7.15. The third-order valence-corrected chi connectivity index (χ3v) is 4.42. The number of nitrogens with two attached hydrogens (primary N) is 1. The highest BCUT2D eigenvalue weighted by atomic mass is 32.2. The molecule has 0 radical (unpaired) electrons. The molecule has 1 amide bonds. The summed E-state index contributed by atoms with van der Waals surface area (Å²) in [5.41, 5.74) is 1.80. The number of nitrogens with one attached hydrogen (secondary N) is 1. The van der Waals surface area contributed by atoms with E-state index in [1.165, 1.54) is 12.1 Å². The van der Waals surface area contributed by atoms with Crippen LogP contribution in [0.1, 0.15) is 21.5 Å². The normalized spacial score (nSPS) is 11.2. The van der Waals surface area contributed by atoms with Gasteiger partial charge in [0.25, 0.3) is 5.91 Å². The Bertz CT molecular complexity index is 863. The Balaban J connectivity index is 2.23. The van der Waals surface area contributed by atoms with E-state index in [0.717, 1.165) is 11.4 Å². The van der Waals surface area contributed by atoms with Gasteiger partial charge >= 0.3 is 0 Å². The number of rotatable bonds is 5. The fourth-order valence-corrected chi connectivity index (χ4v) is 2.80. The molecule has 0 aliphatic rings. The SMILES string of the molecule is Cc1ccc(S(N)(=O)=O)cc1C(=O)NCc1cccnc1N(C)C. The smallest absolute Gasteiger partial charge is 0.251 e. The van der Waals surface area contributed by atoms with Crippen molar-refractivity contribution in [1.82, 2.24) is 10.3 Å². The van der Waals surface area contributed by atoms with E-state index in [2.05, 4.69) is 10.3 Å². The highest BCUT2D eigenvalue weighted by molar-refractivity contribution is 7.89. The first-order valence-electron chi connectivity index (χ1n) is 7.23. The molecule has 1 aromatic heterocycles. The van der Waals surface area contributed by atoms with E-state index >= 15 is 0 Å². The number of sulfonamides is 1. The molecule has 0 bridgehead atoms. The quantitative estimate of drug-likeness (QED) is 0.840. The molecule has 1 heterocycles. The number of nitrogens with zero attached hydrogens (tertiary/aromatic N) is 2. The Kier molecular flexibility index (Phi) is 5.20. The highest BCUT2D eigenvalue weighted by Crippen LogP contribution is 2.16. The van der Waals surface area contributed by atoms with Crippen LogP contribution in [0.4, 0.5) is 5.82 Å². The Hall–Kier alpha value is -2.45. The van der Waals surface area contributed by atoms with Gasteiger partial charge in [-0.25, -0.2) is 18.5 Å². The number of primary sulfonamides is 1. The zero-order valence-corrected chi connectivity index (χ0v) is 14.6. The predicted octanol–water partition coefficient (Wildman–Crippen LogP) is 1.03. The summed E-state index contributed by atoms with van der Waals surface area (Å²) in [6.45, 7) is 2.01. The lowest BCUT2D eigenvalue weighted by molar-refractivity contribution is 0.0950. The van der Waals surface area contributed by atoms with Crippen LogP contribution in [-0.2, 0) is 16.6 Å². The van der Waals surface area contributed by atoms with E-state index in [1.807, 2.05) is 25.1 Å². The summed E-state index contributed by atoms with van der Waals surface area (Å²) < 4.78 is 22.9. The number of aromatic nitrogens is 1. The fraction of sp³-hybridized carbons (Fsp3) is 0.250. The minimum Gasteiger partial charge on any atom is -0.362 e. The molecule has 0 fully saturated rings. The van der Waals surface area contributed by atoms with Crippen LogP contribution in [0.5, 0.6) is 0 Å². The molecule has 3 N–H and O–H groups in total. The van der Waals surface area contributed by atoms with Crippen LogP contribution >= 0.6 is 0 Å². The number of amides is 1. The lowest BCUT2D eigenvalue weighted by Crippen LogP contribution is -2.25. The summed E-state index contributed by atoms with van der Waals surface area (Å²) in [4.78, 5) is 18.5. The molecule has 2 aromatic rings. The van der Waals surface area contributed by atoms with Gasteiger partial charge in [-0.15, -0.1) is 0 Å². The summed E-state index contributed by atoms with van der Waals surface area (Å²) in [5.74, 6) is 0.388. The summed E-state index contributed by atoms with van der Waals surface area (Å²) in [7, 11) is -0.120. The van der Waals surface area contributed by atoms with Gasteiger partial charge in [0.05, 0.1) is 4.90 Å². The second-order valence-electron chi connectivity index (χ2n) is 5.58. The zero-order valence-electron chi connectivity index (χ0n) is 13.8. The Morgan fingerprint density at radius 3 is 2.62 bits per heavy atom. The molecule has 0 unspecified atom stereocenters. The maximum atomic E-state index is 12.4. The first-order valence-corrected chi connectivity index (χ1v) is 8.77. The van der Waals surface area contributed by atoms with Gasteiger partial charge < -0.3 is 10.2 Å². The van der Waals surface area contributed by atoms with Crippen LogP contribution in [0.3, 0.4) is 0 Å². The molecule has 0 atom stereocenters. The number of carbonyl (C=O) groups excluding carboxylic acids is 1. The van der Waals surface area contributed by atoms with Crippen LogP contribution in [-0.4, -0.2) is 33.4 Å². The van der Waals surface area contributed by atoms with Crippen LogP contribution in [0.25, 0.3) is 0 Å². The Morgan fingerprint density at radius 1 is 1.29 bits per heavy atom. The van der Waals surface area contributed by atoms with Gasteiger partial charge in [0.2, 0.25) is 10.0 Å². The minimum atomic E-state index is -3.86. The fourth-order valence-electron chi connectivity index (χ4n) is 2.26. The number of aryl methyl sites for hydroxylation is 1. The lowest BCUT2D eigenvalue weighted by Gasteiger charge is -2.16. The van der Waals surface area contributed by atoms with Crippen molar-refractivity contribution in [2.75, 3.05) is 19.0 Å². The molecule has 0 saturated heterocycles. The van der Waals surface area contributed by atoms with Gasteiger partial charge in [-0.3, -0.25) is 4.79 Å². The highest BCUT2D eigenvalue weighted by Gasteiger charge is 2.15. The Morgan fingerprint density at radius 2 is 2.00 bits per heavy atom. The first-order chi connectivity index (χ1) is 11.2. The van der Waals surface area contributed by atoms with Gasteiger partial charge in [0.1, 0.15) is 5.82 Å². The van der Waals surface area contributed by atoms with Crippen molar-refractivity contribution in [3.8, 4) is 0 Å². The van der Waals surface area contributed by atoms with Gasteiger partial charge in [-0.1, -0.05) is 12.1 Å². The van der Waals surface area contributed by atoms with Crippen LogP contribution < -0.4 is 15.4 Å². The molecule has 0 aliphatic carbocycles. The van der Waals surface area contributed by atoms with E-state index in [4.69, 9.17) is 5.14 Å². The van der Waals surface area contributed by atoms with Gasteiger partial charge in [-0.05, 0) is 30.7 Å². The molecular formula is C16H20N4O3S. The van der Waals surface area contributed by atoms with Crippen LogP contribution in [0.2, 0.25) is 0 Å². The molecule has 0 saturated carbocycles. The van der Waals surface area contributed by atoms with Crippen molar-refractivity contribution >= 4 is 21.7 Å². The van der Waals surface area contributed by atoms with Crippen molar-refractivity contribution < 1.29 is 13.2 Å². The molecule has 7 nitrogen and oxygen atoms in total. The summed E-state index contributed by atoms with van der Waals surface area (Å²) >= 11 is 0. The molecule has 1 aromatic carbocycles. The predicted molar refractivity (Wildman–Crippen MR) is 92.3 cm³/mol. The number of hydrogen-bond acceptors (Lipinski definition) is 5. The van der Waals surface area contributed by atoms with Crippen molar-refractivity contribution in [3.05, 3.63) is 53.2 Å². The van der Waals surface area contributed by atoms with E-state index < -0.39 is 10.0 Å². The van der Waals surface area contributed by atoms with E-state index in [0.29, 0.717) is 5.56 Å². The second kappa shape index (κ2) is 6.98. The standard InChI is InChI=1S/C16H20N4O3S/c1-11-6-7-13(24(17,22)23)9-14(11)16(21)19-10-12-5-4-8-18-15(12)20(2)3/h4-9H,10H2,1-3H3,(H,19,21)(H2,17,22,23). The minimum absolute atomic E-state index is 0.0893. The number of pyridine rings is 1. The van der Waals surface area contributed by atoms with E-state index in [1.54, 1.807) is 25.3 Å². The van der Waals surface area contributed by atoms with Gasteiger partial charge in [0.15, 0.2) is 0 Å². The average Bonchev–Trinajstić information content (AvgIpc) is 2.52. The maximum absolute atomic E-state index is 12.4. The molecule has 128 valence electrons. The van der Waals surface area contributed by atoms with Crippen molar-refractivity contribution in [1.29, 1.82) is 0 Å². The third-order valence-electron chi connectivity index (χ3n) is 3.51. The monoisotopic (exact) mass is 348 g/mol. The number of carbonyl (C=O) groups is 1. The van der Waals surface area contributed by atoms with Crippen LogP contribution in [0.15, 0.2) is 41.4 Å². The number of hydrogen-bond donors (Lipinski definition) is 2.